The van der Waals surface area contributed by atoms with Gasteiger partial charge in [-0.25, -0.2) is 0 Å². The number of ether oxygens (including phenoxy) is 2. The number of nitrogens with zero attached hydrogens (tertiary/aromatic N) is 3. The summed E-state index contributed by atoms with van der Waals surface area (Å²) in [5.74, 6) is -12.0. The molecule has 20 heteroatoms. The fourth-order valence-corrected chi connectivity index (χ4v) is 5.00. The Kier molecular flexibility index (Phi) is 12.7. The van der Waals surface area contributed by atoms with Crippen LogP contribution in [0.4, 0.5) is 55.3 Å². The molecule has 0 radical (unpaired) electrons. The number of nitrogens with one attached hydrogen (secondary N) is 1. The van der Waals surface area contributed by atoms with Crippen molar-refractivity contribution in [3.63, 3.8) is 0 Å². The van der Waals surface area contributed by atoms with Crippen molar-refractivity contribution < 1.29 is 63.2 Å². The van der Waals surface area contributed by atoms with Crippen LogP contribution in [0.3, 0.4) is 0 Å². The van der Waals surface area contributed by atoms with Gasteiger partial charge in [-0.3, -0.25) is 20.2 Å². The molecule has 49 heavy (non-hydrogen) atoms. The van der Waals surface area contributed by atoms with Crippen molar-refractivity contribution in [1.82, 2.24) is 10.2 Å². The molecule has 2 aliphatic heterocycles. The molecule has 2 aromatic carbocycles. The van der Waals surface area contributed by atoms with Crippen LogP contribution in [0.2, 0.25) is 0 Å². The molecule has 0 aromatic heterocycles. The standard InChI is InChI=1S/C15H17F5N2O3.C14H15F5N2O3/c1-21-6-4-10(5-7-21)9-25-13-8-11(22(23)24)2-3-12(13)14(16,17)15(18,19)20;15-13(16,14(17,18)19)11-2-1-10(21(22)23)7-12(11)24-8-9-3-5-20-6-4-9/h2-3,8,10H,4-7,9H2,1H3;1-2,7,9,20H,3-6,8H2. The van der Waals surface area contributed by atoms with E-state index < -0.39 is 68.0 Å². The van der Waals surface area contributed by atoms with Crippen LogP contribution in [0, 0.1) is 32.1 Å². The quantitative estimate of drug-likeness (QED) is 0.151. The number of piperidine rings is 2. The average Bonchev–Trinajstić information content (AvgIpc) is 3.02. The highest BCUT2D eigenvalue weighted by Crippen LogP contribution is 2.49. The first kappa shape index (κ1) is 39.5. The van der Waals surface area contributed by atoms with Crippen molar-refractivity contribution in [2.45, 2.75) is 49.9 Å². The van der Waals surface area contributed by atoms with E-state index in [0.717, 1.165) is 13.1 Å². The van der Waals surface area contributed by atoms with Crippen LogP contribution < -0.4 is 14.8 Å². The van der Waals surface area contributed by atoms with Gasteiger partial charge in [0.25, 0.3) is 11.4 Å². The molecule has 2 saturated heterocycles. The molecule has 2 heterocycles. The maximum absolute atomic E-state index is 13.7. The summed E-state index contributed by atoms with van der Waals surface area (Å²) in [7, 11) is 1.92. The number of likely N-dealkylation sites (tertiary alicyclic amines) is 1. The van der Waals surface area contributed by atoms with Gasteiger partial charge in [-0.1, -0.05) is 0 Å². The largest absolute Gasteiger partial charge is 0.493 e. The Hall–Kier alpha value is -3.94. The maximum Gasteiger partial charge on any atom is 0.458 e. The van der Waals surface area contributed by atoms with Gasteiger partial charge in [0.2, 0.25) is 0 Å². The molecule has 0 saturated carbocycles. The Labute approximate surface area is 272 Å². The first-order chi connectivity index (χ1) is 22.6. The number of halogens is 10. The molecule has 0 aliphatic carbocycles. The Morgan fingerprint density at radius 2 is 1.06 bits per heavy atom. The summed E-state index contributed by atoms with van der Waals surface area (Å²) in [5.41, 5.74) is -4.06. The van der Waals surface area contributed by atoms with Gasteiger partial charge < -0.3 is 19.7 Å². The first-order valence-electron chi connectivity index (χ1n) is 14.8. The van der Waals surface area contributed by atoms with Gasteiger partial charge in [0.1, 0.15) is 11.5 Å². The van der Waals surface area contributed by atoms with E-state index in [1.165, 1.54) is 0 Å². The van der Waals surface area contributed by atoms with Crippen LogP contribution in [0.25, 0.3) is 0 Å². The lowest BCUT2D eigenvalue weighted by atomic mass is 9.98. The number of hydrogen-bond acceptors (Lipinski definition) is 8. The average molecular weight is 723 g/mol. The molecule has 10 nitrogen and oxygen atoms in total. The molecule has 0 bridgehead atoms. The van der Waals surface area contributed by atoms with Crippen molar-refractivity contribution in [2.24, 2.45) is 11.8 Å². The highest BCUT2D eigenvalue weighted by atomic mass is 19.4. The minimum atomic E-state index is -5.82. The highest BCUT2D eigenvalue weighted by Gasteiger charge is 2.61. The third kappa shape index (κ3) is 10.1. The van der Waals surface area contributed by atoms with Crippen LogP contribution in [-0.4, -0.2) is 73.5 Å². The molecule has 2 aliphatic rings. The Morgan fingerprint density at radius 1 is 0.694 bits per heavy atom. The number of rotatable bonds is 10. The van der Waals surface area contributed by atoms with Crippen LogP contribution in [0.15, 0.2) is 36.4 Å². The van der Waals surface area contributed by atoms with E-state index in [-0.39, 0.29) is 25.0 Å². The van der Waals surface area contributed by atoms with Crippen molar-refractivity contribution in [2.75, 3.05) is 46.4 Å². The lowest BCUT2D eigenvalue weighted by molar-refractivity contribution is -0.385. The minimum Gasteiger partial charge on any atom is -0.493 e. The van der Waals surface area contributed by atoms with E-state index in [1.807, 2.05) is 7.05 Å². The van der Waals surface area contributed by atoms with Crippen molar-refractivity contribution in [3.8, 4) is 11.5 Å². The fraction of sp³-hybridized carbons (Fsp3) is 0.586. The summed E-state index contributed by atoms with van der Waals surface area (Å²) in [6, 6.07) is 3.22. The zero-order valence-corrected chi connectivity index (χ0v) is 25.8. The second kappa shape index (κ2) is 15.7. The topological polar surface area (TPSA) is 120 Å². The number of alkyl halides is 10. The Bertz CT molecular complexity index is 1440. The summed E-state index contributed by atoms with van der Waals surface area (Å²) >= 11 is 0. The number of nitro groups is 2. The summed E-state index contributed by atoms with van der Waals surface area (Å²) in [4.78, 5) is 21.8. The van der Waals surface area contributed by atoms with Gasteiger partial charge in [0, 0.05) is 12.1 Å². The predicted molar refractivity (Wildman–Crippen MR) is 153 cm³/mol. The van der Waals surface area contributed by atoms with Crippen LogP contribution in [0.5, 0.6) is 11.5 Å². The van der Waals surface area contributed by atoms with E-state index in [9.17, 15) is 64.1 Å². The molecule has 2 aromatic rings. The van der Waals surface area contributed by atoms with Gasteiger partial charge in [-0.15, -0.1) is 0 Å². The molecular formula is C29H32F10N4O6. The summed E-state index contributed by atoms with van der Waals surface area (Å²) < 4.78 is 141. The highest BCUT2D eigenvalue weighted by molar-refractivity contribution is 5.48. The van der Waals surface area contributed by atoms with Crippen molar-refractivity contribution >= 4 is 11.4 Å². The van der Waals surface area contributed by atoms with Gasteiger partial charge in [-0.05, 0) is 82.9 Å². The molecule has 1 N–H and O–H groups in total. The second-order valence-corrected chi connectivity index (χ2v) is 11.6. The lowest BCUT2D eigenvalue weighted by Gasteiger charge is -2.29. The maximum atomic E-state index is 13.7. The van der Waals surface area contributed by atoms with E-state index in [2.05, 4.69) is 10.2 Å². The Morgan fingerprint density at radius 3 is 1.41 bits per heavy atom. The summed E-state index contributed by atoms with van der Waals surface area (Å²) in [6.07, 6.45) is -8.88. The van der Waals surface area contributed by atoms with E-state index in [1.54, 1.807) is 0 Å². The normalized spacial score (nSPS) is 17.2. The number of nitro benzene ring substituents is 2. The first-order valence-corrected chi connectivity index (χ1v) is 14.8. The smallest absolute Gasteiger partial charge is 0.458 e. The van der Waals surface area contributed by atoms with Crippen molar-refractivity contribution in [3.05, 3.63) is 67.8 Å². The van der Waals surface area contributed by atoms with E-state index >= 15 is 0 Å². The molecule has 0 amide bonds. The van der Waals surface area contributed by atoms with Crippen LogP contribution in [0.1, 0.15) is 36.8 Å². The SMILES string of the molecule is CN1CCC(COc2cc([N+](=O)[O-])ccc2C(F)(F)C(F)(F)F)CC1.O=[N+]([O-])c1ccc(C(F)(F)C(F)(F)F)c(OCC2CCNCC2)c1. The number of benzene rings is 2. The molecule has 0 atom stereocenters. The lowest BCUT2D eigenvalue weighted by Crippen LogP contribution is -2.35. The third-order valence-electron chi connectivity index (χ3n) is 7.99. The molecule has 0 spiro atoms. The van der Waals surface area contributed by atoms with Crippen LogP contribution in [-0.2, 0) is 11.8 Å². The third-order valence-corrected chi connectivity index (χ3v) is 7.99. The molecule has 4 rings (SSSR count). The van der Waals surface area contributed by atoms with Gasteiger partial charge in [-0.2, -0.15) is 43.9 Å². The van der Waals surface area contributed by atoms with E-state index in [4.69, 9.17) is 9.47 Å². The van der Waals surface area contributed by atoms with Crippen LogP contribution >= 0.6 is 0 Å². The molecule has 2 fully saturated rings. The molecule has 274 valence electrons. The summed E-state index contributed by atoms with van der Waals surface area (Å²) in [6.45, 7) is 2.74. The van der Waals surface area contributed by atoms with Crippen molar-refractivity contribution in [1.29, 1.82) is 0 Å². The van der Waals surface area contributed by atoms with E-state index in [0.29, 0.717) is 75.2 Å². The second-order valence-electron chi connectivity index (χ2n) is 11.6. The predicted octanol–water partition coefficient (Wildman–Crippen LogP) is 7.60. The Balaban J connectivity index is 0.000000266. The zero-order chi connectivity index (χ0) is 36.8. The summed E-state index contributed by atoms with van der Waals surface area (Å²) in [5, 5.41) is 24.6. The number of hydrogen-bond donors (Lipinski definition) is 1. The molecule has 0 unspecified atom stereocenters. The minimum absolute atomic E-state index is 0.0113. The monoisotopic (exact) mass is 722 g/mol. The fourth-order valence-electron chi connectivity index (χ4n) is 5.00. The van der Waals surface area contributed by atoms with Gasteiger partial charge in [0.05, 0.1) is 46.3 Å². The van der Waals surface area contributed by atoms with Gasteiger partial charge >= 0.3 is 24.2 Å². The van der Waals surface area contributed by atoms with Gasteiger partial charge in [0.15, 0.2) is 0 Å². The number of non-ortho nitro benzene ring substituents is 2. The zero-order valence-electron chi connectivity index (χ0n) is 25.8. The molecular weight excluding hydrogens is 690 g/mol.